The van der Waals surface area contributed by atoms with Crippen LogP contribution in [0.25, 0.3) is 0 Å². The van der Waals surface area contributed by atoms with E-state index in [1.807, 2.05) is 48.5 Å². The lowest BCUT2D eigenvalue weighted by Gasteiger charge is -2.35. The number of quaternary nitrogens is 1. The molecule has 24 heavy (non-hydrogen) atoms. The number of carbonyl (C=O) groups excluding carboxylic acids is 1. The average molecular weight is 323 g/mol. The van der Waals surface area contributed by atoms with Crippen LogP contribution in [0, 0.1) is 11.3 Å². The molecule has 2 aromatic rings. The number of amides is 1. The smallest absolute Gasteiger partial charge is 0.321 e. The number of para-hydroxylation sites is 1. The van der Waals surface area contributed by atoms with Crippen LogP contribution < -0.4 is 5.32 Å². The molecule has 3 N–H and O–H groups in total. The average Bonchev–Trinajstić information content (AvgIpc) is 2.55. The van der Waals surface area contributed by atoms with Crippen molar-refractivity contribution in [3.8, 4) is 0 Å². The van der Waals surface area contributed by atoms with Gasteiger partial charge < -0.3 is 10.1 Å². The second-order valence-electron chi connectivity index (χ2n) is 6.31. The van der Waals surface area contributed by atoms with E-state index < -0.39 is 0 Å². The third-order valence-corrected chi connectivity index (χ3v) is 4.41. The lowest BCUT2D eigenvalue weighted by molar-refractivity contribution is -0.482. The van der Waals surface area contributed by atoms with Gasteiger partial charge in [0.15, 0.2) is 0 Å². The molecule has 0 unspecified atom stereocenters. The van der Waals surface area contributed by atoms with Crippen LogP contribution in [-0.2, 0) is 16.1 Å². The largest absolute Gasteiger partial charge is 0.373 e. The van der Waals surface area contributed by atoms with Crippen molar-refractivity contribution in [3.05, 3.63) is 66.2 Å². The second kappa shape index (κ2) is 7.99. The van der Waals surface area contributed by atoms with Gasteiger partial charge in [-0.3, -0.25) is 5.32 Å². The Morgan fingerprint density at radius 3 is 2.33 bits per heavy atom. The summed E-state index contributed by atoms with van der Waals surface area (Å²) in [5.74, 6) is 0.193. The highest BCUT2D eigenvalue weighted by Crippen LogP contribution is 2.32. The summed E-state index contributed by atoms with van der Waals surface area (Å²) in [6, 6.07) is 19.7. The lowest BCUT2D eigenvalue weighted by Crippen LogP contribution is -2.82. The highest BCUT2D eigenvalue weighted by molar-refractivity contribution is 5.98. The summed E-state index contributed by atoms with van der Waals surface area (Å²) < 4.78 is 5.86. The Bertz CT molecular complexity index is 679. The molecule has 3 rings (SSSR count). The Morgan fingerprint density at radius 1 is 1.04 bits per heavy atom. The SMILES string of the molecule is N=C(CC(=O)[NH2+]c1ccccc1)C1CC(OCc2ccccc2)C1. The van der Waals surface area contributed by atoms with Crippen molar-refractivity contribution in [2.75, 3.05) is 0 Å². The molecular weight excluding hydrogens is 300 g/mol. The van der Waals surface area contributed by atoms with Gasteiger partial charge in [-0.1, -0.05) is 48.5 Å². The molecule has 0 bridgehead atoms. The molecule has 4 nitrogen and oxygen atoms in total. The Morgan fingerprint density at radius 2 is 1.67 bits per heavy atom. The van der Waals surface area contributed by atoms with Crippen LogP contribution in [0.3, 0.4) is 0 Å². The van der Waals surface area contributed by atoms with Crippen LogP contribution >= 0.6 is 0 Å². The maximum atomic E-state index is 12.0. The third-order valence-electron chi connectivity index (χ3n) is 4.41. The molecule has 1 aliphatic rings. The maximum absolute atomic E-state index is 12.0. The number of ether oxygens (including phenoxy) is 1. The first-order chi connectivity index (χ1) is 11.7. The summed E-state index contributed by atoms with van der Waals surface area (Å²) in [7, 11) is 0. The number of nitrogens with two attached hydrogens (primary N) is 1. The van der Waals surface area contributed by atoms with Gasteiger partial charge in [-0.2, -0.15) is 0 Å². The molecule has 1 saturated carbocycles. The number of hydrogen-bond acceptors (Lipinski definition) is 3. The number of primary amides is 1. The molecule has 0 aliphatic heterocycles. The first kappa shape index (κ1) is 16.6. The topological polar surface area (TPSA) is 66.8 Å². The van der Waals surface area contributed by atoms with Crippen LogP contribution in [0.1, 0.15) is 24.8 Å². The number of nitrogens with one attached hydrogen (secondary N) is 1. The quantitative estimate of drug-likeness (QED) is 0.608. The van der Waals surface area contributed by atoms with Crippen LogP contribution in [0.15, 0.2) is 60.7 Å². The van der Waals surface area contributed by atoms with E-state index in [2.05, 4.69) is 12.1 Å². The van der Waals surface area contributed by atoms with Crippen molar-refractivity contribution in [2.45, 2.75) is 32.0 Å². The van der Waals surface area contributed by atoms with Gasteiger partial charge in [-0.25, -0.2) is 4.79 Å². The van der Waals surface area contributed by atoms with Gasteiger partial charge in [0.2, 0.25) is 0 Å². The molecule has 2 aromatic carbocycles. The summed E-state index contributed by atoms with van der Waals surface area (Å²) in [6.45, 7) is 0.617. The molecule has 0 heterocycles. The molecule has 0 saturated heterocycles. The van der Waals surface area contributed by atoms with Gasteiger partial charge in [0.25, 0.3) is 0 Å². The fraction of sp³-hybridized carbons (Fsp3) is 0.300. The summed E-state index contributed by atoms with van der Waals surface area (Å²) in [6.07, 6.45) is 2.13. The summed E-state index contributed by atoms with van der Waals surface area (Å²) in [4.78, 5) is 12.0. The first-order valence-electron chi connectivity index (χ1n) is 8.36. The lowest BCUT2D eigenvalue weighted by atomic mass is 9.78. The Labute approximate surface area is 142 Å². The molecule has 0 atom stereocenters. The number of carbonyl (C=O) groups is 1. The van der Waals surface area contributed by atoms with E-state index in [0.717, 1.165) is 18.5 Å². The third kappa shape index (κ3) is 4.60. The van der Waals surface area contributed by atoms with E-state index in [9.17, 15) is 4.79 Å². The van der Waals surface area contributed by atoms with Crippen molar-refractivity contribution in [3.63, 3.8) is 0 Å². The zero-order valence-electron chi connectivity index (χ0n) is 13.7. The zero-order valence-corrected chi connectivity index (χ0v) is 13.7. The van der Waals surface area contributed by atoms with Gasteiger partial charge in [-0.15, -0.1) is 0 Å². The van der Waals surface area contributed by atoms with Crippen LogP contribution in [-0.4, -0.2) is 17.7 Å². The first-order valence-corrected chi connectivity index (χ1v) is 8.36. The number of rotatable bonds is 7. The van der Waals surface area contributed by atoms with Gasteiger partial charge in [0.05, 0.1) is 12.7 Å². The minimum Gasteiger partial charge on any atom is -0.373 e. The summed E-state index contributed by atoms with van der Waals surface area (Å²) in [5, 5.41) is 9.75. The molecule has 1 fully saturated rings. The Kier molecular flexibility index (Phi) is 5.51. The Balaban J connectivity index is 1.36. The molecule has 0 spiro atoms. The van der Waals surface area contributed by atoms with Crippen molar-refractivity contribution >= 4 is 17.3 Å². The fourth-order valence-electron chi connectivity index (χ4n) is 2.89. The Hall–Kier alpha value is -2.30. The standard InChI is InChI=1S/C20H22N2O2/c21-19(13-20(23)22-17-9-5-2-6-10-17)16-11-18(12-16)24-14-15-7-3-1-4-8-15/h1-10,16,18,21H,11-14H2,(H,22,23)/p+1. The van der Waals surface area contributed by atoms with Gasteiger partial charge in [0.1, 0.15) is 12.1 Å². The number of hydrogen-bond donors (Lipinski definition) is 2. The monoisotopic (exact) mass is 323 g/mol. The zero-order chi connectivity index (χ0) is 16.8. The molecule has 0 radical (unpaired) electrons. The van der Waals surface area contributed by atoms with E-state index in [4.69, 9.17) is 10.1 Å². The van der Waals surface area contributed by atoms with Crippen LogP contribution in [0.2, 0.25) is 0 Å². The number of benzene rings is 2. The molecular formula is C20H23N2O2+. The van der Waals surface area contributed by atoms with E-state index in [0.29, 0.717) is 12.3 Å². The minimum atomic E-state index is -0.000135. The second-order valence-corrected chi connectivity index (χ2v) is 6.31. The highest BCUT2D eigenvalue weighted by atomic mass is 16.5. The van der Waals surface area contributed by atoms with Crippen molar-refractivity contribution in [1.29, 1.82) is 5.41 Å². The minimum absolute atomic E-state index is 0.000135. The van der Waals surface area contributed by atoms with Crippen LogP contribution in [0.5, 0.6) is 0 Å². The van der Waals surface area contributed by atoms with Crippen LogP contribution in [0.4, 0.5) is 5.69 Å². The molecule has 1 aliphatic carbocycles. The predicted octanol–water partition coefficient (Wildman–Crippen LogP) is 2.81. The summed E-state index contributed by atoms with van der Waals surface area (Å²) in [5.41, 5.74) is 2.60. The van der Waals surface area contributed by atoms with E-state index in [1.54, 1.807) is 5.32 Å². The molecule has 4 heteroatoms. The summed E-state index contributed by atoms with van der Waals surface area (Å²) >= 11 is 0. The van der Waals surface area contributed by atoms with E-state index in [-0.39, 0.29) is 24.3 Å². The van der Waals surface area contributed by atoms with Gasteiger partial charge >= 0.3 is 5.91 Å². The molecule has 124 valence electrons. The van der Waals surface area contributed by atoms with Crippen molar-refractivity contribution in [1.82, 2.24) is 0 Å². The molecule has 0 aromatic heterocycles. The highest BCUT2D eigenvalue weighted by Gasteiger charge is 2.34. The van der Waals surface area contributed by atoms with Gasteiger partial charge in [-0.05, 0) is 30.5 Å². The normalized spacial score (nSPS) is 19.5. The van der Waals surface area contributed by atoms with Gasteiger partial charge in [0, 0.05) is 11.6 Å². The van der Waals surface area contributed by atoms with Crippen molar-refractivity contribution in [2.24, 2.45) is 5.92 Å². The maximum Gasteiger partial charge on any atom is 0.321 e. The fourth-order valence-corrected chi connectivity index (χ4v) is 2.89. The molecule has 1 amide bonds. The van der Waals surface area contributed by atoms with E-state index >= 15 is 0 Å². The predicted molar refractivity (Wildman–Crippen MR) is 93.1 cm³/mol. The van der Waals surface area contributed by atoms with E-state index in [1.165, 1.54) is 5.56 Å². The van der Waals surface area contributed by atoms with Crippen molar-refractivity contribution < 1.29 is 14.8 Å².